The van der Waals surface area contributed by atoms with Gasteiger partial charge >= 0.3 is 0 Å². The van der Waals surface area contributed by atoms with Crippen LogP contribution in [0.15, 0.2) is 82.3 Å². The molecule has 3 fully saturated rings. The summed E-state index contributed by atoms with van der Waals surface area (Å²) in [6, 6.07) is 21.7. The topological polar surface area (TPSA) is 74.1 Å². The molecule has 8 heteroatoms. The lowest BCUT2D eigenvalue weighted by Crippen LogP contribution is -2.56. The van der Waals surface area contributed by atoms with Gasteiger partial charge in [0.25, 0.3) is 11.8 Å². The second-order valence-electron chi connectivity index (χ2n) is 11.2. The van der Waals surface area contributed by atoms with E-state index in [1.54, 1.807) is 28.8 Å². The molecule has 3 atom stereocenters. The van der Waals surface area contributed by atoms with Gasteiger partial charge in [-0.1, -0.05) is 60.2 Å². The predicted molar refractivity (Wildman–Crippen MR) is 160 cm³/mol. The lowest BCUT2D eigenvalue weighted by atomic mass is 9.83. The fraction of sp³-hybridized carbons (Fsp3) is 0.364. The van der Waals surface area contributed by atoms with Gasteiger partial charge in [-0.25, -0.2) is 0 Å². The summed E-state index contributed by atoms with van der Waals surface area (Å²) < 4.78 is 5.27. The van der Waals surface area contributed by atoms with Crippen molar-refractivity contribution in [2.45, 2.75) is 44.0 Å². The second-order valence-corrected chi connectivity index (χ2v) is 12.5. The number of carbonyl (C=O) groups is 3. The van der Waals surface area contributed by atoms with Gasteiger partial charge in [-0.15, -0.1) is 11.8 Å². The van der Waals surface area contributed by atoms with Crippen molar-refractivity contribution < 1.29 is 18.8 Å². The summed E-state index contributed by atoms with van der Waals surface area (Å²) in [7, 11) is 0. The van der Waals surface area contributed by atoms with E-state index in [2.05, 4.69) is 25.1 Å². The van der Waals surface area contributed by atoms with Gasteiger partial charge in [-0.05, 0) is 55.5 Å². The van der Waals surface area contributed by atoms with E-state index in [1.165, 1.54) is 11.8 Å². The zero-order valence-electron chi connectivity index (χ0n) is 23.3. The smallest absolute Gasteiger partial charge is 0.289 e. The van der Waals surface area contributed by atoms with Crippen molar-refractivity contribution in [3.05, 3.63) is 100 Å². The molecule has 3 aliphatic rings. The molecule has 3 unspecified atom stereocenters. The molecule has 1 aliphatic carbocycles. The summed E-state index contributed by atoms with van der Waals surface area (Å²) in [6.07, 6.45) is 5.86. The number of hydrogen-bond donors (Lipinski definition) is 0. The maximum absolute atomic E-state index is 13.9. The van der Waals surface area contributed by atoms with Gasteiger partial charge in [-0.2, -0.15) is 0 Å². The van der Waals surface area contributed by atoms with Gasteiger partial charge in [0.15, 0.2) is 5.76 Å². The van der Waals surface area contributed by atoms with E-state index in [9.17, 15) is 14.4 Å². The molecule has 0 bridgehead atoms. The van der Waals surface area contributed by atoms with Crippen LogP contribution in [-0.2, 0) is 16.1 Å². The average Bonchev–Trinajstić information content (AvgIpc) is 3.54. The molecule has 0 radical (unpaired) electrons. The minimum absolute atomic E-state index is 0.00884. The Labute approximate surface area is 245 Å². The molecule has 1 saturated carbocycles. The quantitative estimate of drug-likeness (QED) is 0.394. The number of carbonyl (C=O) groups excluding carboxylic acids is 3. The number of furan rings is 1. The fourth-order valence-electron chi connectivity index (χ4n) is 6.25. The standard InChI is InChI=1S/C33H35N3O4S/c1-23-7-5-10-25(19-23)22-36-27-21-26(12-13-29(27)41-30(33(36)39)20-24-8-3-2-4-9-24)31(37)34-14-16-35(17-15-34)32(38)28-11-6-18-40-28/h2-11,18-20,26-27,29H,12-17,21-22H2,1H3/b30-20-. The number of thioether (sulfide) groups is 1. The van der Waals surface area contributed by atoms with Crippen LogP contribution in [0, 0.1) is 12.8 Å². The predicted octanol–water partition coefficient (Wildman–Crippen LogP) is 5.23. The van der Waals surface area contributed by atoms with Crippen molar-refractivity contribution in [1.29, 1.82) is 0 Å². The number of amides is 3. The lowest BCUT2D eigenvalue weighted by Gasteiger charge is -2.47. The fourth-order valence-corrected chi connectivity index (χ4v) is 7.67. The van der Waals surface area contributed by atoms with Crippen LogP contribution in [-0.4, -0.2) is 69.9 Å². The highest BCUT2D eigenvalue weighted by atomic mass is 32.2. The van der Waals surface area contributed by atoms with E-state index in [1.807, 2.05) is 52.3 Å². The third-order valence-electron chi connectivity index (χ3n) is 8.40. The molecule has 6 rings (SSSR count). The molecular formula is C33H35N3O4S. The maximum atomic E-state index is 13.9. The molecule has 2 saturated heterocycles. The van der Waals surface area contributed by atoms with Crippen molar-refractivity contribution in [3.63, 3.8) is 0 Å². The SMILES string of the molecule is Cc1cccc(CN2C(=O)/C(=C/c3ccccc3)SC3CCC(C(=O)N4CCN(C(=O)c5ccco5)CC4)CC32)c1. The molecule has 3 aromatic rings. The monoisotopic (exact) mass is 569 g/mol. The number of nitrogens with zero attached hydrogens (tertiary/aromatic N) is 3. The third-order valence-corrected chi connectivity index (χ3v) is 9.80. The first kappa shape index (κ1) is 27.4. The summed E-state index contributed by atoms with van der Waals surface area (Å²) in [5.74, 6) is 0.256. The van der Waals surface area contributed by atoms with Gasteiger partial charge in [0.05, 0.1) is 11.2 Å². The number of hydrogen-bond acceptors (Lipinski definition) is 5. The van der Waals surface area contributed by atoms with Gasteiger partial charge in [-0.3, -0.25) is 14.4 Å². The number of rotatable bonds is 5. The van der Waals surface area contributed by atoms with E-state index < -0.39 is 0 Å². The molecule has 0 spiro atoms. The summed E-state index contributed by atoms with van der Waals surface area (Å²) in [5, 5.41) is 0.249. The first-order chi connectivity index (χ1) is 20.0. The molecule has 2 aliphatic heterocycles. The number of aryl methyl sites for hydroxylation is 1. The largest absolute Gasteiger partial charge is 0.459 e. The highest BCUT2D eigenvalue weighted by Gasteiger charge is 2.45. The van der Waals surface area contributed by atoms with Crippen molar-refractivity contribution in [2.24, 2.45) is 5.92 Å². The molecule has 0 N–H and O–H groups in total. The first-order valence-corrected chi connectivity index (χ1v) is 15.3. The summed E-state index contributed by atoms with van der Waals surface area (Å²) in [6.45, 7) is 4.61. The number of fused-ring (bicyclic) bond motifs is 1. The van der Waals surface area contributed by atoms with Gasteiger partial charge < -0.3 is 19.1 Å². The molecule has 3 amide bonds. The van der Waals surface area contributed by atoms with Crippen LogP contribution in [0.1, 0.15) is 46.5 Å². The Morgan fingerprint density at radius 2 is 1.73 bits per heavy atom. The van der Waals surface area contributed by atoms with Gasteiger partial charge in [0, 0.05) is 49.9 Å². The zero-order valence-corrected chi connectivity index (χ0v) is 24.1. The molecule has 3 heterocycles. The van der Waals surface area contributed by atoms with Crippen LogP contribution in [0.25, 0.3) is 6.08 Å². The second kappa shape index (κ2) is 12.0. The zero-order chi connectivity index (χ0) is 28.3. The van der Waals surface area contributed by atoms with E-state index in [-0.39, 0.29) is 34.9 Å². The van der Waals surface area contributed by atoms with Crippen LogP contribution < -0.4 is 0 Å². The highest BCUT2D eigenvalue weighted by molar-refractivity contribution is 8.04. The van der Waals surface area contributed by atoms with Crippen LogP contribution >= 0.6 is 11.8 Å². The summed E-state index contributed by atoms with van der Waals surface area (Å²) in [4.78, 5) is 46.8. The Bertz CT molecular complexity index is 1430. The molecule has 41 heavy (non-hydrogen) atoms. The molecule has 7 nitrogen and oxygen atoms in total. The average molecular weight is 570 g/mol. The molecule has 2 aromatic carbocycles. The Kier molecular flexibility index (Phi) is 8.01. The summed E-state index contributed by atoms with van der Waals surface area (Å²) >= 11 is 1.68. The Morgan fingerprint density at radius 3 is 2.46 bits per heavy atom. The van der Waals surface area contributed by atoms with Crippen LogP contribution in [0.5, 0.6) is 0 Å². The van der Waals surface area contributed by atoms with Crippen LogP contribution in [0.2, 0.25) is 0 Å². The van der Waals surface area contributed by atoms with E-state index in [0.717, 1.165) is 28.9 Å². The van der Waals surface area contributed by atoms with Crippen molar-refractivity contribution in [1.82, 2.24) is 14.7 Å². The van der Waals surface area contributed by atoms with E-state index in [4.69, 9.17) is 4.42 Å². The van der Waals surface area contributed by atoms with Crippen molar-refractivity contribution in [3.8, 4) is 0 Å². The molecular weight excluding hydrogens is 534 g/mol. The Hall–Kier alpha value is -3.78. The van der Waals surface area contributed by atoms with Crippen molar-refractivity contribution >= 4 is 35.6 Å². The normalized spacial score (nSPS) is 23.9. The third kappa shape index (κ3) is 5.98. The van der Waals surface area contributed by atoms with Gasteiger partial charge in [0.1, 0.15) is 0 Å². The van der Waals surface area contributed by atoms with E-state index >= 15 is 0 Å². The molecule has 1 aromatic heterocycles. The van der Waals surface area contributed by atoms with Crippen LogP contribution in [0.3, 0.4) is 0 Å². The summed E-state index contributed by atoms with van der Waals surface area (Å²) in [5.41, 5.74) is 3.29. The lowest BCUT2D eigenvalue weighted by molar-refractivity contribution is -0.141. The van der Waals surface area contributed by atoms with Crippen LogP contribution in [0.4, 0.5) is 0 Å². The van der Waals surface area contributed by atoms with Gasteiger partial charge in [0.2, 0.25) is 5.91 Å². The minimum atomic E-state index is -0.133. The Balaban J connectivity index is 1.17. The Morgan fingerprint density at radius 1 is 0.951 bits per heavy atom. The minimum Gasteiger partial charge on any atom is -0.459 e. The first-order valence-electron chi connectivity index (χ1n) is 14.4. The van der Waals surface area contributed by atoms with E-state index in [0.29, 0.717) is 44.9 Å². The molecule has 212 valence electrons. The van der Waals surface area contributed by atoms with Crippen molar-refractivity contribution in [2.75, 3.05) is 26.2 Å². The number of benzene rings is 2. The number of piperazine rings is 1. The maximum Gasteiger partial charge on any atom is 0.289 e. The highest BCUT2D eigenvalue weighted by Crippen LogP contribution is 2.44.